The van der Waals surface area contributed by atoms with Crippen LogP contribution in [0.5, 0.6) is 0 Å². The van der Waals surface area contributed by atoms with Crippen LogP contribution in [0.1, 0.15) is 13.3 Å². The van der Waals surface area contributed by atoms with E-state index in [-0.39, 0.29) is 6.61 Å². The van der Waals surface area contributed by atoms with E-state index in [1.165, 1.54) is 5.57 Å². The summed E-state index contributed by atoms with van der Waals surface area (Å²) in [6.45, 7) is 2.18. The van der Waals surface area contributed by atoms with E-state index in [1.807, 2.05) is 19.1 Å². The van der Waals surface area contributed by atoms with E-state index in [1.54, 1.807) is 0 Å². The fourth-order valence-corrected chi connectivity index (χ4v) is 0.971. The van der Waals surface area contributed by atoms with Crippen LogP contribution >= 0.6 is 0 Å². The first-order chi connectivity index (χ1) is 4.83. The Bertz CT molecular complexity index is 197. The van der Waals surface area contributed by atoms with Gasteiger partial charge < -0.3 is 5.11 Å². The molecule has 1 aliphatic carbocycles. The number of aliphatic hydroxyl groups is 1. The molecule has 0 bridgehead atoms. The Morgan fingerprint density at radius 3 is 3.10 bits per heavy atom. The molecule has 1 aliphatic rings. The summed E-state index contributed by atoms with van der Waals surface area (Å²) in [7, 11) is 0. The lowest BCUT2D eigenvalue weighted by Crippen LogP contribution is -1.84. The summed E-state index contributed by atoms with van der Waals surface area (Å²) in [6.07, 6.45) is 9.14. The predicted octanol–water partition coefficient (Wildman–Crippen LogP) is 1.81. The third kappa shape index (κ3) is 1.85. The van der Waals surface area contributed by atoms with Crippen LogP contribution in [0.25, 0.3) is 0 Å². The SMILES string of the molecule is CC1=CCC=CC(CO)=C1. The topological polar surface area (TPSA) is 20.2 Å². The van der Waals surface area contributed by atoms with Crippen LogP contribution in [0.2, 0.25) is 0 Å². The second-order valence-electron chi connectivity index (χ2n) is 2.46. The number of allylic oxidation sites excluding steroid dienone is 4. The van der Waals surface area contributed by atoms with E-state index in [9.17, 15) is 0 Å². The van der Waals surface area contributed by atoms with Gasteiger partial charge in [0.05, 0.1) is 6.61 Å². The van der Waals surface area contributed by atoms with Crippen molar-refractivity contribution in [2.75, 3.05) is 6.61 Å². The summed E-state index contributed by atoms with van der Waals surface area (Å²) in [4.78, 5) is 0. The molecule has 0 unspecified atom stereocenters. The van der Waals surface area contributed by atoms with Gasteiger partial charge in [-0.2, -0.15) is 0 Å². The molecule has 0 radical (unpaired) electrons. The van der Waals surface area contributed by atoms with Crippen molar-refractivity contribution in [2.24, 2.45) is 0 Å². The summed E-state index contributed by atoms with van der Waals surface area (Å²) < 4.78 is 0. The van der Waals surface area contributed by atoms with Crippen molar-refractivity contribution in [3.8, 4) is 0 Å². The molecule has 0 saturated carbocycles. The Morgan fingerprint density at radius 1 is 1.60 bits per heavy atom. The number of hydrogen-bond acceptors (Lipinski definition) is 1. The molecule has 0 aromatic rings. The highest BCUT2D eigenvalue weighted by molar-refractivity contribution is 5.32. The van der Waals surface area contributed by atoms with Gasteiger partial charge in [-0.15, -0.1) is 0 Å². The first-order valence-corrected chi connectivity index (χ1v) is 3.47. The zero-order valence-corrected chi connectivity index (χ0v) is 6.17. The van der Waals surface area contributed by atoms with Gasteiger partial charge in [0.2, 0.25) is 0 Å². The van der Waals surface area contributed by atoms with E-state index < -0.39 is 0 Å². The maximum absolute atomic E-state index is 8.79. The summed E-state index contributed by atoms with van der Waals surface area (Å²) in [5.41, 5.74) is 2.22. The summed E-state index contributed by atoms with van der Waals surface area (Å²) in [5, 5.41) is 8.79. The smallest absolute Gasteiger partial charge is 0.0681 e. The quantitative estimate of drug-likeness (QED) is 0.583. The molecule has 1 nitrogen and oxygen atoms in total. The zero-order chi connectivity index (χ0) is 7.40. The van der Waals surface area contributed by atoms with Gasteiger partial charge >= 0.3 is 0 Å². The minimum Gasteiger partial charge on any atom is -0.392 e. The molecular formula is C9H12O. The van der Waals surface area contributed by atoms with E-state index >= 15 is 0 Å². The maximum atomic E-state index is 8.79. The second-order valence-corrected chi connectivity index (χ2v) is 2.46. The van der Waals surface area contributed by atoms with Gasteiger partial charge in [0, 0.05) is 0 Å². The molecule has 0 aromatic heterocycles. The van der Waals surface area contributed by atoms with Crippen LogP contribution < -0.4 is 0 Å². The van der Waals surface area contributed by atoms with Gasteiger partial charge in [-0.1, -0.05) is 29.9 Å². The Kier molecular flexibility index (Phi) is 2.46. The monoisotopic (exact) mass is 136 g/mol. The van der Waals surface area contributed by atoms with E-state index in [0.29, 0.717) is 0 Å². The number of hydrogen-bond donors (Lipinski definition) is 1. The van der Waals surface area contributed by atoms with Crippen molar-refractivity contribution in [3.63, 3.8) is 0 Å². The standard InChI is InChI=1S/C9H12O/c1-8-4-2-3-5-9(6-8)7-10/h3-6,10H,2,7H2,1H3. The first-order valence-electron chi connectivity index (χ1n) is 3.47. The van der Waals surface area contributed by atoms with E-state index in [0.717, 1.165) is 12.0 Å². The van der Waals surface area contributed by atoms with Crippen molar-refractivity contribution >= 4 is 0 Å². The molecule has 54 valence electrons. The fourth-order valence-electron chi connectivity index (χ4n) is 0.971. The lowest BCUT2D eigenvalue weighted by atomic mass is 10.2. The number of rotatable bonds is 1. The highest BCUT2D eigenvalue weighted by Gasteiger charge is 1.92. The Labute approximate surface area is 61.4 Å². The summed E-state index contributed by atoms with van der Waals surface area (Å²) in [6, 6.07) is 0. The van der Waals surface area contributed by atoms with Gasteiger partial charge in [0.15, 0.2) is 0 Å². The van der Waals surface area contributed by atoms with Gasteiger partial charge in [-0.25, -0.2) is 0 Å². The minimum absolute atomic E-state index is 0.141. The Morgan fingerprint density at radius 2 is 2.40 bits per heavy atom. The molecule has 0 aliphatic heterocycles. The van der Waals surface area contributed by atoms with Crippen LogP contribution in [0, 0.1) is 0 Å². The highest BCUT2D eigenvalue weighted by atomic mass is 16.3. The molecule has 0 amide bonds. The highest BCUT2D eigenvalue weighted by Crippen LogP contribution is 2.09. The average Bonchev–Trinajstić information content (AvgIpc) is 2.13. The van der Waals surface area contributed by atoms with Crippen LogP contribution in [-0.2, 0) is 0 Å². The molecule has 0 aromatic carbocycles. The van der Waals surface area contributed by atoms with Crippen LogP contribution in [0.3, 0.4) is 0 Å². The minimum atomic E-state index is 0.141. The average molecular weight is 136 g/mol. The lowest BCUT2D eigenvalue weighted by Gasteiger charge is -1.93. The van der Waals surface area contributed by atoms with Gasteiger partial charge in [-0.3, -0.25) is 0 Å². The lowest BCUT2D eigenvalue weighted by molar-refractivity contribution is 0.335. The third-order valence-electron chi connectivity index (χ3n) is 1.50. The summed E-state index contributed by atoms with van der Waals surface area (Å²) in [5.74, 6) is 0. The zero-order valence-electron chi connectivity index (χ0n) is 6.17. The third-order valence-corrected chi connectivity index (χ3v) is 1.50. The number of aliphatic hydroxyl groups excluding tert-OH is 1. The molecule has 0 saturated heterocycles. The van der Waals surface area contributed by atoms with Crippen LogP contribution in [0.4, 0.5) is 0 Å². The maximum Gasteiger partial charge on any atom is 0.0681 e. The van der Waals surface area contributed by atoms with Crippen molar-refractivity contribution in [1.29, 1.82) is 0 Å². The molecule has 0 heterocycles. The molecule has 1 rings (SSSR count). The van der Waals surface area contributed by atoms with Crippen molar-refractivity contribution in [2.45, 2.75) is 13.3 Å². The van der Waals surface area contributed by atoms with Crippen molar-refractivity contribution < 1.29 is 5.11 Å². The van der Waals surface area contributed by atoms with Crippen LogP contribution in [0.15, 0.2) is 35.5 Å². The Hall–Kier alpha value is -0.820. The Balaban J connectivity index is 2.79. The fraction of sp³-hybridized carbons (Fsp3) is 0.333. The van der Waals surface area contributed by atoms with Gasteiger partial charge in [0.25, 0.3) is 0 Å². The van der Waals surface area contributed by atoms with E-state index in [4.69, 9.17) is 5.11 Å². The second kappa shape index (κ2) is 3.37. The molecule has 10 heavy (non-hydrogen) atoms. The molecule has 0 atom stereocenters. The van der Waals surface area contributed by atoms with Gasteiger partial charge in [-0.05, 0) is 18.9 Å². The molecule has 1 N–H and O–H groups in total. The van der Waals surface area contributed by atoms with Gasteiger partial charge in [0.1, 0.15) is 0 Å². The molecule has 1 heteroatoms. The van der Waals surface area contributed by atoms with E-state index in [2.05, 4.69) is 12.2 Å². The normalized spacial score (nSPS) is 17.8. The summed E-state index contributed by atoms with van der Waals surface area (Å²) >= 11 is 0. The molecular weight excluding hydrogens is 124 g/mol. The molecule has 0 fully saturated rings. The molecule has 0 spiro atoms. The van der Waals surface area contributed by atoms with Crippen LogP contribution in [-0.4, -0.2) is 11.7 Å². The first kappa shape index (κ1) is 7.29. The largest absolute Gasteiger partial charge is 0.392 e. The van der Waals surface area contributed by atoms with Crippen molar-refractivity contribution in [3.05, 3.63) is 35.5 Å². The predicted molar refractivity (Wildman–Crippen MR) is 42.7 cm³/mol. The van der Waals surface area contributed by atoms with Crippen molar-refractivity contribution in [1.82, 2.24) is 0 Å².